The van der Waals surface area contributed by atoms with E-state index in [1.807, 2.05) is 0 Å². The third-order valence-electron chi connectivity index (χ3n) is 4.88. The standard InChI is InChI=1S/C12H11F3N4O2.C10H9F3N4O/c1-3-21-10(20)9-6-19(18-7(9)2)8-4-16-11(17-5-8)12(13,14)15;1-6-7(5-18)4-17(16-6)8-2-14-9(15-3-8)10(11,12)13/h4-6H,3H2,1-2H3;2-4,18H,5H2,1H3. The molecular weight excluding hydrogens is 538 g/mol. The number of alkyl halides is 6. The molecule has 0 aliphatic rings. The summed E-state index contributed by atoms with van der Waals surface area (Å²) in [5.41, 5.74) is 2.32. The molecule has 0 radical (unpaired) electrons. The van der Waals surface area contributed by atoms with Crippen LogP contribution < -0.4 is 0 Å². The third kappa shape index (κ3) is 7.13. The van der Waals surface area contributed by atoms with Crippen molar-refractivity contribution in [2.45, 2.75) is 39.7 Å². The fourth-order valence-electron chi connectivity index (χ4n) is 2.96. The Labute approximate surface area is 216 Å². The van der Waals surface area contributed by atoms with Crippen molar-refractivity contribution in [1.29, 1.82) is 0 Å². The number of hydrogen-bond acceptors (Lipinski definition) is 9. The zero-order valence-corrected chi connectivity index (χ0v) is 20.5. The Hall–Kier alpha value is -4.41. The molecule has 0 aromatic carbocycles. The first kappa shape index (κ1) is 29.2. The van der Waals surface area contributed by atoms with E-state index in [-0.39, 0.29) is 24.5 Å². The van der Waals surface area contributed by atoms with E-state index in [0.29, 0.717) is 22.6 Å². The van der Waals surface area contributed by atoms with Crippen molar-refractivity contribution in [1.82, 2.24) is 39.5 Å². The second-order valence-electron chi connectivity index (χ2n) is 7.66. The Morgan fingerprint density at radius 2 is 1.26 bits per heavy atom. The van der Waals surface area contributed by atoms with Crippen molar-refractivity contribution in [3.8, 4) is 11.4 Å². The number of rotatable bonds is 5. The second-order valence-corrected chi connectivity index (χ2v) is 7.66. The second kappa shape index (κ2) is 11.5. The van der Waals surface area contributed by atoms with E-state index in [1.54, 1.807) is 20.8 Å². The van der Waals surface area contributed by atoms with Gasteiger partial charge < -0.3 is 9.84 Å². The minimum atomic E-state index is -4.60. The van der Waals surface area contributed by atoms with Crippen LogP contribution in [0.5, 0.6) is 0 Å². The maximum atomic E-state index is 12.4. The lowest BCUT2D eigenvalue weighted by Crippen LogP contribution is -2.11. The third-order valence-corrected chi connectivity index (χ3v) is 4.88. The van der Waals surface area contributed by atoms with Gasteiger partial charge >= 0.3 is 18.3 Å². The number of carbonyl (C=O) groups is 1. The summed E-state index contributed by atoms with van der Waals surface area (Å²) >= 11 is 0. The first-order chi connectivity index (χ1) is 18.2. The first-order valence-corrected chi connectivity index (χ1v) is 10.9. The van der Waals surface area contributed by atoms with Crippen LogP contribution in [0.3, 0.4) is 0 Å². The van der Waals surface area contributed by atoms with Crippen molar-refractivity contribution in [2.24, 2.45) is 0 Å². The summed E-state index contributed by atoms with van der Waals surface area (Å²) in [6.45, 7) is 4.97. The van der Waals surface area contributed by atoms with Gasteiger partial charge in [0.15, 0.2) is 0 Å². The molecule has 0 unspecified atom stereocenters. The Morgan fingerprint density at radius 3 is 1.64 bits per heavy atom. The molecule has 4 aromatic heterocycles. The number of nitrogens with zero attached hydrogens (tertiary/aromatic N) is 8. The SMILES string of the molecule is CCOC(=O)c1cn(-c2cnc(C(F)(F)F)nc2)nc1C.Cc1nn(-c2cnc(C(F)(F)F)nc2)cc1CO. The van der Waals surface area contributed by atoms with Gasteiger partial charge in [-0.1, -0.05) is 0 Å². The summed E-state index contributed by atoms with van der Waals surface area (Å²) in [7, 11) is 0. The van der Waals surface area contributed by atoms with Crippen molar-refractivity contribution in [2.75, 3.05) is 6.61 Å². The minimum absolute atomic E-state index is 0.187. The van der Waals surface area contributed by atoms with E-state index < -0.39 is 30.0 Å². The normalized spacial score (nSPS) is 11.6. The molecule has 208 valence electrons. The summed E-state index contributed by atoms with van der Waals surface area (Å²) in [4.78, 5) is 24.6. The molecule has 39 heavy (non-hydrogen) atoms. The van der Waals surface area contributed by atoms with Crippen LogP contribution in [-0.4, -0.2) is 57.2 Å². The predicted octanol–water partition coefficient (Wildman–Crippen LogP) is 3.65. The zero-order valence-electron chi connectivity index (χ0n) is 20.5. The number of aryl methyl sites for hydroxylation is 2. The molecule has 17 heteroatoms. The molecule has 0 spiro atoms. The van der Waals surface area contributed by atoms with Gasteiger partial charge in [-0.3, -0.25) is 0 Å². The van der Waals surface area contributed by atoms with Gasteiger partial charge in [-0.2, -0.15) is 36.5 Å². The molecule has 0 aliphatic heterocycles. The van der Waals surface area contributed by atoms with Gasteiger partial charge in [0.2, 0.25) is 11.6 Å². The van der Waals surface area contributed by atoms with Crippen molar-refractivity contribution in [3.05, 3.63) is 71.3 Å². The predicted molar refractivity (Wildman–Crippen MR) is 120 cm³/mol. The topological polar surface area (TPSA) is 134 Å². The summed E-state index contributed by atoms with van der Waals surface area (Å²) in [6, 6.07) is 0. The number of carbonyl (C=O) groups excluding carboxylic acids is 1. The number of aliphatic hydroxyl groups excluding tert-OH is 1. The van der Waals surface area contributed by atoms with Gasteiger partial charge in [0.1, 0.15) is 16.9 Å². The average Bonchev–Trinajstić information content (AvgIpc) is 3.46. The molecule has 0 aliphatic carbocycles. The summed E-state index contributed by atoms with van der Waals surface area (Å²) < 4.78 is 81.3. The molecule has 1 N–H and O–H groups in total. The molecule has 0 atom stereocenters. The molecule has 4 heterocycles. The number of aromatic nitrogens is 8. The lowest BCUT2D eigenvalue weighted by Gasteiger charge is -2.05. The molecule has 11 nitrogen and oxygen atoms in total. The molecule has 4 rings (SSSR count). The highest BCUT2D eigenvalue weighted by Crippen LogP contribution is 2.26. The van der Waals surface area contributed by atoms with Gasteiger partial charge in [-0.25, -0.2) is 34.1 Å². The van der Waals surface area contributed by atoms with Crippen LogP contribution in [0.15, 0.2) is 37.2 Å². The van der Waals surface area contributed by atoms with E-state index in [2.05, 4.69) is 30.1 Å². The molecular formula is C22H20F6N8O3. The van der Waals surface area contributed by atoms with Crippen LogP contribution in [0.25, 0.3) is 11.4 Å². The van der Waals surface area contributed by atoms with E-state index >= 15 is 0 Å². The van der Waals surface area contributed by atoms with Gasteiger partial charge in [-0.15, -0.1) is 0 Å². The number of ether oxygens (including phenoxy) is 1. The van der Waals surface area contributed by atoms with E-state index in [4.69, 9.17) is 9.84 Å². The minimum Gasteiger partial charge on any atom is -0.462 e. The van der Waals surface area contributed by atoms with Crippen molar-refractivity contribution in [3.63, 3.8) is 0 Å². The number of halogens is 6. The van der Waals surface area contributed by atoms with Crippen LogP contribution in [0.1, 0.15) is 45.9 Å². The highest BCUT2D eigenvalue weighted by Gasteiger charge is 2.35. The summed E-state index contributed by atoms with van der Waals surface area (Å²) in [5.74, 6) is -2.98. The molecule has 0 fully saturated rings. The molecule has 0 saturated heterocycles. The molecule has 4 aromatic rings. The van der Waals surface area contributed by atoms with Crippen molar-refractivity contribution < 1.29 is 41.0 Å². The number of hydrogen-bond donors (Lipinski definition) is 1. The Morgan fingerprint density at radius 1 is 0.821 bits per heavy atom. The number of aliphatic hydroxyl groups is 1. The highest BCUT2D eigenvalue weighted by atomic mass is 19.4. The van der Waals surface area contributed by atoms with Crippen molar-refractivity contribution >= 4 is 5.97 Å². The smallest absolute Gasteiger partial charge is 0.451 e. The quantitative estimate of drug-likeness (QED) is 0.288. The Bertz CT molecular complexity index is 1410. The van der Waals surface area contributed by atoms with Crippen LogP contribution in [0.2, 0.25) is 0 Å². The fraction of sp³-hybridized carbons (Fsp3) is 0.318. The highest BCUT2D eigenvalue weighted by molar-refractivity contribution is 5.90. The zero-order chi connectivity index (χ0) is 29.0. The average molecular weight is 558 g/mol. The van der Waals surface area contributed by atoms with E-state index in [9.17, 15) is 31.1 Å². The molecule has 0 saturated carbocycles. The van der Waals surface area contributed by atoms with Gasteiger partial charge in [0.25, 0.3) is 0 Å². The van der Waals surface area contributed by atoms with Crippen LogP contribution in [-0.2, 0) is 23.7 Å². The summed E-state index contributed by atoms with van der Waals surface area (Å²) in [5, 5.41) is 17.1. The largest absolute Gasteiger partial charge is 0.462 e. The van der Waals surface area contributed by atoms with Crippen LogP contribution in [0, 0.1) is 13.8 Å². The fourth-order valence-corrected chi connectivity index (χ4v) is 2.96. The Balaban J connectivity index is 0.000000218. The molecule has 0 amide bonds. The van der Waals surface area contributed by atoms with Crippen LogP contribution in [0.4, 0.5) is 26.3 Å². The first-order valence-electron chi connectivity index (χ1n) is 10.9. The van der Waals surface area contributed by atoms with Crippen LogP contribution >= 0.6 is 0 Å². The lowest BCUT2D eigenvalue weighted by atomic mass is 10.3. The molecule has 0 bridgehead atoms. The lowest BCUT2D eigenvalue weighted by molar-refractivity contribution is -0.145. The maximum absolute atomic E-state index is 12.4. The number of esters is 1. The Kier molecular flexibility index (Phi) is 8.63. The van der Waals surface area contributed by atoms with Gasteiger partial charge in [0.05, 0.1) is 49.4 Å². The summed E-state index contributed by atoms with van der Waals surface area (Å²) in [6.07, 6.45) is -2.26. The van der Waals surface area contributed by atoms with Gasteiger partial charge in [-0.05, 0) is 20.8 Å². The van der Waals surface area contributed by atoms with E-state index in [1.165, 1.54) is 21.8 Å². The van der Waals surface area contributed by atoms with Gasteiger partial charge in [0, 0.05) is 18.0 Å². The monoisotopic (exact) mass is 558 g/mol. The maximum Gasteiger partial charge on any atom is 0.451 e. The van der Waals surface area contributed by atoms with E-state index in [0.717, 1.165) is 24.8 Å².